The summed E-state index contributed by atoms with van der Waals surface area (Å²) >= 11 is 6.17. The van der Waals surface area contributed by atoms with Crippen LogP contribution in [-0.4, -0.2) is 27.3 Å². The Bertz CT molecular complexity index is 1050. The third kappa shape index (κ3) is 5.38. The third-order valence-electron chi connectivity index (χ3n) is 4.92. The average molecular weight is 438 g/mol. The fourth-order valence-electron chi connectivity index (χ4n) is 3.02. The lowest BCUT2D eigenvalue weighted by Gasteiger charge is -2.17. The van der Waals surface area contributed by atoms with Gasteiger partial charge in [-0.15, -0.1) is 0 Å². The number of nitrogens with zero attached hydrogens (tertiary/aromatic N) is 2. The zero-order chi connectivity index (χ0) is 21.0. The molecule has 0 bridgehead atoms. The minimum Gasteiger partial charge on any atom is -0.354 e. The molecule has 8 heteroatoms. The van der Waals surface area contributed by atoms with Crippen molar-refractivity contribution in [1.82, 2.24) is 20.6 Å². The molecule has 2 amide bonds. The Morgan fingerprint density at radius 3 is 2.32 bits per heavy atom. The average Bonchev–Trinajstić information content (AvgIpc) is 3.56. The van der Waals surface area contributed by atoms with Crippen molar-refractivity contribution < 1.29 is 9.59 Å². The van der Waals surface area contributed by atoms with Crippen LogP contribution >= 0.6 is 11.6 Å². The molecule has 3 aromatic rings. The highest BCUT2D eigenvalue weighted by molar-refractivity contribution is 6.33. The number of anilines is 2. The number of aromatic nitrogens is 2. The molecule has 0 atom stereocenters. The quantitative estimate of drug-likeness (QED) is 0.517. The maximum atomic E-state index is 12.6. The lowest BCUT2D eigenvalue weighted by atomic mass is 10.1. The van der Waals surface area contributed by atoms with Crippen LogP contribution in [0.2, 0.25) is 5.02 Å². The van der Waals surface area contributed by atoms with Crippen LogP contribution in [0.5, 0.6) is 0 Å². The van der Waals surface area contributed by atoms with Gasteiger partial charge < -0.3 is 16.0 Å². The Kier molecular flexibility index (Phi) is 6.87. The van der Waals surface area contributed by atoms with Gasteiger partial charge in [0.25, 0.3) is 5.91 Å². The molecule has 2 aromatic carbocycles. The van der Waals surface area contributed by atoms with Gasteiger partial charge in [-0.1, -0.05) is 43.3 Å². The Morgan fingerprint density at radius 1 is 1.00 bits per heavy atom. The van der Waals surface area contributed by atoms with E-state index in [4.69, 9.17) is 11.6 Å². The van der Waals surface area contributed by atoms with Gasteiger partial charge in [-0.2, -0.15) is 0 Å². The molecule has 0 unspecified atom stereocenters. The van der Waals surface area contributed by atoms with Crippen LogP contribution in [0.4, 0.5) is 11.4 Å². The number of rotatable bonds is 7. The summed E-state index contributed by atoms with van der Waals surface area (Å²) in [5.41, 5.74) is 2.16. The molecule has 4 rings (SSSR count). The fraction of sp³-hybridized carbons (Fsp3) is 0.217. The molecule has 1 saturated carbocycles. The molecule has 7 nitrogen and oxygen atoms in total. The van der Waals surface area contributed by atoms with Crippen molar-refractivity contribution in [3.8, 4) is 0 Å². The molecule has 0 saturated heterocycles. The van der Waals surface area contributed by atoms with Crippen LogP contribution in [0, 0.1) is 0 Å². The standard InChI is InChI=1S/C22H20ClN5O2.CH4/c23-18-3-1-2-4-19(18)27-17-7-5-15(6-8-17)11-26-21(30)22(9-10-22)28-20(29)16-12-24-14-25-13-16;/h1-8,12-14,27H,9-11H2,(H,26,30)(H,28,29);1H4. The maximum Gasteiger partial charge on any atom is 0.255 e. The molecular formula is C23H24ClN5O2. The number of hydrogen-bond acceptors (Lipinski definition) is 5. The summed E-state index contributed by atoms with van der Waals surface area (Å²) in [5.74, 6) is -0.538. The van der Waals surface area contributed by atoms with Gasteiger partial charge >= 0.3 is 0 Å². The van der Waals surface area contributed by atoms with E-state index in [9.17, 15) is 9.59 Å². The van der Waals surface area contributed by atoms with E-state index >= 15 is 0 Å². The predicted molar refractivity (Wildman–Crippen MR) is 121 cm³/mol. The smallest absolute Gasteiger partial charge is 0.255 e. The van der Waals surface area contributed by atoms with Gasteiger partial charge in [0.05, 0.1) is 16.3 Å². The molecular weight excluding hydrogens is 414 g/mol. The highest BCUT2D eigenvalue weighted by atomic mass is 35.5. The summed E-state index contributed by atoms with van der Waals surface area (Å²) in [6, 6.07) is 15.2. The maximum absolute atomic E-state index is 12.6. The van der Waals surface area contributed by atoms with Crippen molar-refractivity contribution in [3.63, 3.8) is 0 Å². The molecule has 0 spiro atoms. The first-order valence-corrected chi connectivity index (χ1v) is 9.90. The molecule has 31 heavy (non-hydrogen) atoms. The van der Waals surface area contributed by atoms with Crippen molar-refractivity contribution in [2.24, 2.45) is 0 Å². The number of benzene rings is 2. The summed E-state index contributed by atoms with van der Waals surface area (Å²) in [7, 11) is 0. The number of carbonyl (C=O) groups is 2. The number of hydrogen-bond donors (Lipinski definition) is 3. The second-order valence-electron chi connectivity index (χ2n) is 7.15. The number of nitrogens with one attached hydrogen (secondary N) is 3. The fourth-order valence-corrected chi connectivity index (χ4v) is 3.20. The molecule has 1 aromatic heterocycles. The number of amides is 2. The second-order valence-corrected chi connectivity index (χ2v) is 7.56. The van der Waals surface area contributed by atoms with Crippen molar-refractivity contribution in [2.75, 3.05) is 5.32 Å². The van der Waals surface area contributed by atoms with Crippen molar-refractivity contribution in [3.05, 3.63) is 83.4 Å². The zero-order valence-electron chi connectivity index (χ0n) is 16.1. The summed E-state index contributed by atoms with van der Waals surface area (Å²) < 4.78 is 0. The van der Waals surface area contributed by atoms with Crippen molar-refractivity contribution in [1.29, 1.82) is 0 Å². The highest BCUT2D eigenvalue weighted by Gasteiger charge is 2.51. The van der Waals surface area contributed by atoms with Gasteiger partial charge in [-0.25, -0.2) is 9.97 Å². The molecule has 1 heterocycles. The summed E-state index contributed by atoms with van der Waals surface area (Å²) in [6.45, 7) is 0.372. The van der Waals surface area contributed by atoms with Crippen LogP contribution in [0.25, 0.3) is 0 Å². The molecule has 0 aliphatic heterocycles. The van der Waals surface area contributed by atoms with E-state index in [1.807, 2.05) is 48.5 Å². The van der Waals surface area contributed by atoms with Gasteiger partial charge in [-0.05, 0) is 42.7 Å². The monoisotopic (exact) mass is 437 g/mol. The summed E-state index contributed by atoms with van der Waals surface area (Å²) in [6.07, 6.45) is 5.42. The SMILES string of the molecule is C.O=C(NC1(C(=O)NCc2ccc(Nc3ccccc3Cl)cc2)CC1)c1cncnc1. The van der Waals surface area contributed by atoms with E-state index in [-0.39, 0.29) is 19.2 Å². The number of halogens is 1. The Labute approximate surface area is 186 Å². The second kappa shape index (κ2) is 9.57. The molecule has 1 aliphatic rings. The van der Waals surface area contributed by atoms with E-state index < -0.39 is 5.54 Å². The van der Waals surface area contributed by atoms with Gasteiger partial charge in [0.1, 0.15) is 11.9 Å². The molecule has 160 valence electrons. The van der Waals surface area contributed by atoms with Crippen LogP contribution in [0.15, 0.2) is 67.3 Å². The number of para-hydroxylation sites is 1. The lowest BCUT2D eigenvalue weighted by Crippen LogP contribution is -2.48. The minimum absolute atomic E-state index is 0. The largest absolute Gasteiger partial charge is 0.354 e. The van der Waals surface area contributed by atoms with Crippen LogP contribution in [0.3, 0.4) is 0 Å². The summed E-state index contributed by atoms with van der Waals surface area (Å²) in [5, 5.41) is 9.62. The molecule has 3 N–H and O–H groups in total. The van der Waals surface area contributed by atoms with E-state index in [2.05, 4.69) is 25.9 Å². The van der Waals surface area contributed by atoms with E-state index in [1.54, 1.807) is 0 Å². The van der Waals surface area contributed by atoms with Gasteiger partial charge in [0.2, 0.25) is 5.91 Å². The van der Waals surface area contributed by atoms with Gasteiger partial charge in [-0.3, -0.25) is 9.59 Å². The highest BCUT2D eigenvalue weighted by Crippen LogP contribution is 2.36. The first kappa shape index (κ1) is 22.2. The van der Waals surface area contributed by atoms with Crippen molar-refractivity contribution in [2.45, 2.75) is 32.4 Å². The van der Waals surface area contributed by atoms with E-state index in [1.165, 1.54) is 18.7 Å². The summed E-state index contributed by atoms with van der Waals surface area (Å²) in [4.78, 5) is 32.6. The van der Waals surface area contributed by atoms with Gasteiger partial charge in [0.15, 0.2) is 0 Å². The van der Waals surface area contributed by atoms with Crippen LogP contribution in [-0.2, 0) is 11.3 Å². The first-order valence-electron chi connectivity index (χ1n) is 9.52. The Balaban J connectivity index is 0.00000272. The predicted octanol–water partition coefficient (Wildman–Crippen LogP) is 4.09. The Hall–Kier alpha value is -3.45. The van der Waals surface area contributed by atoms with Crippen LogP contribution < -0.4 is 16.0 Å². The van der Waals surface area contributed by atoms with Gasteiger partial charge in [0, 0.05) is 24.6 Å². The molecule has 1 aliphatic carbocycles. The van der Waals surface area contributed by atoms with E-state index in [0.717, 1.165) is 16.9 Å². The van der Waals surface area contributed by atoms with E-state index in [0.29, 0.717) is 30.0 Å². The minimum atomic E-state index is -0.849. The third-order valence-corrected chi connectivity index (χ3v) is 5.25. The zero-order valence-corrected chi connectivity index (χ0v) is 16.8. The van der Waals surface area contributed by atoms with Crippen molar-refractivity contribution >= 4 is 34.8 Å². The molecule has 0 radical (unpaired) electrons. The lowest BCUT2D eigenvalue weighted by molar-refractivity contribution is -0.124. The Morgan fingerprint density at radius 2 is 1.68 bits per heavy atom. The van der Waals surface area contributed by atoms with Crippen LogP contribution in [0.1, 0.15) is 36.2 Å². The molecule has 1 fully saturated rings. The topological polar surface area (TPSA) is 96.0 Å². The normalized spacial score (nSPS) is 13.5. The number of carbonyl (C=O) groups excluding carboxylic acids is 2. The first-order chi connectivity index (χ1) is 14.6.